The third-order valence-corrected chi connectivity index (χ3v) is 3.21. The predicted octanol–water partition coefficient (Wildman–Crippen LogP) is -0.0608. The summed E-state index contributed by atoms with van der Waals surface area (Å²) in [6.45, 7) is 4.57. The number of rotatable bonds is 3. The summed E-state index contributed by atoms with van der Waals surface area (Å²) in [5.41, 5.74) is 0. The van der Waals surface area contributed by atoms with Gasteiger partial charge in [-0.15, -0.1) is 0 Å². The Hall–Kier alpha value is -1.43. The first-order valence-corrected chi connectivity index (χ1v) is 5.96. The van der Waals surface area contributed by atoms with Gasteiger partial charge in [-0.25, -0.2) is 4.79 Å². The number of likely N-dealkylation sites (tertiary alicyclic amines) is 1. The lowest BCUT2D eigenvalue weighted by Crippen LogP contribution is -2.57. The molecule has 0 aromatic rings. The van der Waals surface area contributed by atoms with E-state index in [4.69, 9.17) is 0 Å². The number of carbonyl (C=O) groups excluding carboxylic acids is 3. The van der Waals surface area contributed by atoms with E-state index in [0.717, 1.165) is 13.1 Å². The molecule has 6 nitrogen and oxygen atoms in total. The normalized spacial score (nSPS) is 24.1. The van der Waals surface area contributed by atoms with Crippen LogP contribution in [-0.4, -0.2) is 53.3 Å². The molecule has 0 aromatic heterocycles. The van der Waals surface area contributed by atoms with Crippen molar-refractivity contribution in [1.82, 2.24) is 15.1 Å². The SMILES string of the molecule is CC(CN1CCCC1)N1C(=O)CC(=O)NC1=O. The first-order chi connectivity index (χ1) is 8.08. The molecule has 94 valence electrons. The molecule has 0 radical (unpaired) electrons. The zero-order valence-corrected chi connectivity index (χ0v) is 9.94. The van der Waals surface area contributed by atoms with E-state index in [2.05, 4.69) is 10.2 Å². The molecule has 2 rings (SSSR count). The van der Waals surface area contributed by atoms with Crippen LogP contribution >= 0.6 is 0 Å². The maximum absolute atomic E-state index is 11.7. The summed E-state index contributed by atoms with van der Waals surface area (Å²) in [5.74, 6) is -0.907. The predicted molar refractivity (Wildman–Crippen MR) is 60.1 cm³/mol. The summed E-state index contributed by atoms with van der Waals surface area (Å²) in [6.07, 6.45) is 2.12. The van der Waals surface area contributed by atoms with Crippen LogP contribution in [0.15, 0.2) is 0 Å². The monoisotopic (exact) mass is 239 g/mol. The highest BCUT2D eigenvalue weighted by atomic mass is 16.2. The molecular weight excluding hydrogens is 222 g/mol. The fourth-order valence-corrected chi connectivity index (χ4v) is 2.43. The number of nitrogens with zero attached hydrogens (tertiary/aromatic N) is 2. The fraction of sp³-hybridized carbons (Fsp3) is 0.727. The molecule has 0 aliphatic carbocycles. The third-order valence-electron chi connectivity index (χ3n) is 3.21. The lowest BCUT2D eigenvalue weighted by molar-refractivity contribution is -0.137. The second kappa shape index (κ2) is 4.83. The van der Waals surface area contributed by atoms with E-state index in [1.807, 2.05) is 6.92 Å². The van der Waals surface area contributed by atoms with Gasteiger partial charge in [0.05, 0.1) is 6.04 Å². The van der Waals surface area contributed by atoms with Crippen molar-refractivity contribution >= 4 is 17.8 Å². The van der Waals surface area contributed by atoms with E-state index < -0.39 is 17.8 Å². The van der Waals surface area contributed by atoms with E-state index in [-0.39, 0.29) is 12.5 Å². The Bertz CT molecular complexity index is 330. The average Bonchev–Trinajstić information content (AvgIpc) is 2.68. The number of hydrogen-bond donors (Lipinski definition) is 1. The molecule has 2 heterocycles. The van der Waals surface area contributed by atoms with Crippen molar-refractivity contribution in [2.45, 2.75) is 32.2 Å². The molecular formula is C11H17N3O3. The fourth-order valence-electron chi connectivity index (χ4n) is 2.43. The Morgan fingerprint density at radius 3 is 2.47 bits per heavy atom. The standard InChI is InChI=1S/C11H17N3O3/c1-8(7-13-4-2-3-5-13)14-10(16)6-9(15)12-11(14)17/h8H,2-7H2,1H3,(H,12,15,17). The van der Waals surface area contributed by atoms with Gasteiger partial charge in [-0.05, 0) is 32.9 Å². The number of imide groups is 2. The van der Waals surface area contributed by atoms with Crippen LogP contribution in [0.3, 0.4) is 0 Å². The Morgan fingerprint density at radius 2 is 1.88 bits per heavy atom. The van der Waals surface area contributed by atoms with Crippen molar-refractivity contribution in [3.8, 4) is 0 Å². The van der Waals surface area contributed by atoms with E-state index in [1.165, 1.54) is 17.7 Å². The Balaban J connectivity index is 1.97. The Kier molecular flexibility index (Phi) is 3.42. The van der Waals surface area contributed by atoms with E-state index in [9.17, 15) is 14.4 Å². The van der Waals surface area contributed by atoms with Crippen LogP contribution in [0, 0.1) is 0 Å². The van der Waals surface area contributed by atoms with Crippen molar-refractivity contribution < 1.29 is 14.4 Å². The molecule has 1 atom stereocenters. The number of barbiturate groups is 1. The van der Waals surface area contributed by atoms with Gasteiger partial charge in [-0.1, -0.05) is 0 Å². The number of amides is 4. The summed E-state index contributed by atoms with van der Waals surface area (Å²) in [6, 6.07) is -0.772. The summed E-state index contributed by atoms with van der Waals surface area (Å²) < 4.78 is 0. The number of carbonyl (C=O) groups is 3. The molecule has 0 saturated carbocycles. The summed E-state index contributed by atoms with van der Waals surface area (Å²) in [4.78, 5) is 37.7. The molecule has 2 aliphatic heterocycles. The van der Waals surface area contributed by atoms with Crippen LogP contribution in [0.1, 0.15) is 26.2 Å². The van der Waals surface area contributed by atoms with Crippen molar-refractivity contribution in [3.63, 3.8) is 0 Å². The van der Waals surface area contributed by atoms with Crippen LogP contribution in [0.4, 0.5) is 4.79 Å². The molecule has 1 N–H and O–H groups in total. The lowest BCUT2D eigenvalue weighted by Gasteiger charge is -2.32. The van der Waals surface area contributed by atoms with Crippen molar-refractivity contribution in [3.05, 3.63) is 0 Å². The van der Waals surface area contributed by atoms with E-state index in [1.54, 1.807) is 0 Å². The van der Waals surface area contributed by atoms with Gasteiger partial charge < -0.3 is 4.90 Å². The van der Waals surface area contributed by atoms with Gasteiger partial charge in [0, 0.05) is 6.54 Å². The molecule has 0 bridgehead atoms. The quantitative estimate of drug-likeness (QED) is 0.700. The van der Waals surface area contributed by atoms with Crippen LogP contribution in [0.2, 0.25) is 0 Å². The maximum Gasteiger partial charge on any atom is 0.331 e. The lowest BCUT2D eigenvalue weighted by atomic mass is 10.2. The van der Waals surface area contributed by atoms with Gasteiger partial charge in [-0.2, -0.15) is 0 Å². The van der Waals surface area contributed by atoms with Crippen LogP contribution in [-0.2, 0) is 9.59 Å². The Labute approximate surface area is 99.9 Å². The minimum atomic E-state index is -0.585. The maximum atomic E-state index is 11.7. The molecule has 2 fully saturated rings. The van der Waals surface area contributed by atoms with E-state index in [0.29, 0.717) is 6.54 Å². The van der Waals surface area contributed by atoms with Gasteiger partial charge in [-0.3, -0.25) is 19.8 Å². The van der Waals surface area contributed by atoms with Crippen molar-refractivity contribution in [1.29, 1.82) is 0 Å². The second-order valence-corrected chi connectivity index (χ2v) is 4.65. The molecule has 6 heteroatoms. The minimum Gasteiger partial charge on any atom is -0.301 e. The second-order valence-electron chi connectivity index (χ2n) is 4.65. The highest BCUT2D eigenvalue weighted by molar-refractivity contribution is 6.14. The first-order valence-electron chi connectivity index (χ1n) is 5.96. The zero-order chi connectivity index (χ0) is 12.4. The molecule has 0 spiro atoms. The van der Waals surface area contributed by atoms with Crippen molar-refractivity contribution in [2.75, 3.05) is 19.6 Å². The van der Waals surface area contributed by atoms with Crippen LogP contribution in [0.25, 0.3) is 0 Å². The molecule has 2 saturated heterocycles. The zero-order valence-electron chi connectivity index (χ0n) is 9.94. The molecule has 2 aliphatic rings. The molecule has 4 amide bonds. The summed E-state index contributed by atoms with van der Waals surface area (Å²) in [5, 5.41) is 2.17. The Morgan fingerprint density at radius 1 is 1.24 bits per heavy atom. The summed E-state index contributed by atoms with van der Waals surface area (Å²) >= 11 is 0. The number of urea groups is 1. The van der Waals surface area contributed by atoms with Gasteiger partial charge in [0.15, 0.2) is 0 Å². The number of nitrogens with one attached hydrogen (secondary N) is 1. The molecule has 1 unspecified atom stereocenters. The van der Waals surface area contributed by atoms with Crippen LogP contribution in [0.5, 0.6) is 0 Å². The first kappa shape index (κ1) is 12.0. The van der Waals surface area contributed by atoms with Gasteiger partial charge in [0.1, 0.15) is 6.42 Å². The average molecular weight is 239 g/mol. The van der Waals surface area contributed by atoms with Gasteiger partial charge >= 0.3 is 6.03 Å². The largest absolute Gasteiger partial charge is 0.331 e. The highest BCUT2D eigenvalue weighted by Crippen LogP contribution is 2.13. The topological polar surface area (TPSA) is 69.7 Å². The summed E-state index contributed by atoms with van der Waals surface area (Å²) in [7, 11) is 0. The van der Waals surface area contributed by atoms with E-state index >= 15 is 0 Å². The smallest absolute Gasteiger partial charge is 0.301 e. The third kappa shape index (κ3) is 2.63. The van der Waals surface area contributed by atoms with Gasteiger partial charge in [0.2, 0.25) is 11.8 Å². The number of hydrogen-bond acceptors (Lipinski definition) is 4. The van der Waals surface area contributed by atoms with Crippen molar-refractivity contribution in [2.24, 2.45) is 0 Å². The van der Waals surface area contributed by atoms with Crippen LogP contribution < -0.4 is 5.32 Å². The molecule has 17 heavy (non-hydrogen) atoms. The van der Waals surface area contributed by atoms with Gasteiger partial charge in [0.25, 0.3) is 0 Å². The minimum absolute atomic E-state index is 0.186. The highest BCUT2D eigenvalue weighted by Gasteiger charge is 2.34. The molecule has 0 aromatic carbocycles.